The summed E-state index contributed by atoms with van der Waals surface area (Å²) < 4.78 is 31.9. The number of aromatic nitrogens is 2. The molecule has 0 fully saturated rings. The number of carbonyl (C=O) groups excluding carboxylic acids is 1. The van der Waals surface area contributed by atoms with Crippen LogP contribution in [-0.4, -0.2) is 36.4 Å². The first kappa shape index (κ1) is 16.8. The zero-order valence-corrected chi connectivity index (χ0v) is 12.5. The lowest BCUT2D eigenvalue weighted by molar-refractivity contribution is 0.0942. The molecule has 2 N–H and O–H groups in total. The van der Waals surface area contributed by atoms with Crippen molar-refractivity contribution in [1.82, 2.24) is 15.5 Å². The molecule has 0 bridgehead atoms. The standard InChI is InChI=1S/C15H16F2N4O2/c1-23-9-3-8-18-15(22)12-6-7-13(21-20-12)19-14-10(16)4-2-5-11(14)17/h2,4-7H,3,8-9H2,1H3,(H,18,22)(H,19,21). The zero-order valence-electron chi connectivity index (χ0n) is 12.5. The monoisotopic (exact) mass is 322 g/mol. The third kappa shape index (κ3) is 4.68. The fourth-order valence-corrected chi connectivity index (χ4v) is 1.77. The quantitative estimate of drug-likeness (QED) is 0.765. The minimum absolute atomic E-state index is 0.113. The number of carbonyl (C=O) groups is 1. The van der Waals surface area contributed by atoms with Gasteiger partial charge in [0.25, 0.3) is 5.91 Å². The number of methoxy groups -OCH3 is 1. The minimum Gasteiger partial charge on any atom is -0.385 e. The summed E-state index contributed by atoms with van der Waals surface area (Å²) in [6.45, 7) is 0.998. The number of benzene rings is 1. The van der Waals surface area contributed by atoms with Crippen molar-refractivity contribution in [2.24, 2.45) is 0 Å². The summed E-state index contributed by atoms with van der Waals surface area (Å²) in [5.74, 6) is -1.74. The van der Waals surface area contributed by atoms with E-state index in [0.29, 0.717) is 19.6 Å². The SMILES string of the molecule is COCCCNC(=O)c1ccc(Nc2c(F)cccc2F)nn1. The molecule has 23 heavy (non-hydrogen) atoms. The van der Waals surface area contributed by atoms with Crippen LogP contribution in [0.5, 0.6) is 0 Å². The molecule has 6 nitrogen and oxygen atoms in total. The number of hydrogen-bond donors (Lipinski definition) is 2. The lowest BCUT2D eigenvalue weighted by Gasteiger charge is -2.08. The van der Waals surface area contributed by atoms with Crippen molar-refractivity contribution in [3.63, 3.8) is 0 Å². The minimum atomic E-state index is -0.744. The van der Waals surface area contributed by atoms with Gasteiger partial charge >= 0.3 is 0 Å². The molecule has 0 spiro atoms. The molecule has 0 radical (unpaired) electrons. The molecular formula is C15H16F2N4O2. The maximum absolute atomic E-state index is 13.5. The third-order valence-corrected chi connectivity index (χ3v) is 2.92. The van der Waals surface area contributed by atoms with E-state index in [2.05, 4.69) is 20.8 Å². The van der Waals surface area contributed by atoms with Gasteiger partial charge in [-0.2, -0.15) is 0 Å². The highest BCUT2D eigenvalue weighted by Gasteiger charge is 2.11. The number of para-hydroxylation sites is 1. The molecule has 122 valence electrons. The summed E-state index contributed by atoms with van der Waals surface area (Å²) in [5.41, 5.74) is -0.208. The van der Waals surface area contributed by atoms with E-state index in [4.69, 9.17) is 4.74 Å². The van der Waals surface area contributed by atoms with Crippen molar-refractivity contribution in [1.29, 1.82) is 0 Å². The fraction of sp³-hybridized carbons (Fsp3) is 0.267. The number of nitrogens with zero attached hydrogens (tertiary/aromatic N) is 2. The predicted octanol–water partition coefficient (Wildman–Crippen LogP) is 2.26. The molecule has 0 unspecified atom stereocenters. The van der Waals surface area contributed by atoms with E-state index in [1.807, 2.05) is 0 Å². The van der Waals surface area contributed by atoms with Gasteiger partial charge in [-0.15, -0.1) is 10.2 Å². The second kappa shape index (κ2) is 8.14. The topological polar surface area (TPSA) is 76.1 Å². The maximum Gasteiger partial charge on any atom is 0.271 e. The van der Waals surface area contributed by atoms with E-state index < -0.39 is 11.6 Å². The largest absolute Gasteiger partial charge is 0.385 e. The Morgan fingerprint density at radius 3 is 2.52 bits per heavy atom. The first-order valence-corrected chi connectivity index (χ1v) is 6.93. The van der Waals surface area contributed by atoms with Crippen molar-refractivity contribution >= 4 is 17.4 Å². The second-order valence-electron chi connectivity index (χ2n) is 4.63. The Hall–Kier alpha value is -2.61. The molecule has 0 aliphatic heterocycles. The number of halogens is 2. The first-order valence-electron chi connectivity index (χ1n) is 6.93. The van der Waals surface area contributed by atoms with Gasteiger partial charge in [0.2, 0.25) is 0 Å². The van der Waals surface area contributed by atoms with Gasteiger partial charge in [0, 0.05) is 20.3 Å². The van der Waals surface area contributed by atoms with Gasteiger partial charge in [0.1, 0.15) is 17.3 Å². The zero-order chi connectivity index (χ0) is 16.7. The number of hydrogen-bond acceptors (Lipinski definition) is 5. The van der Waals surface area contributed by atoms with Crippen LogP contribution < -0.4 is 10.6 Å². The summed E-state index contributed by atoms with van der Waals surface area (Å²) in [7, 11) is 1.58. The highest BCUT2D eigenvalue weighted by Crippen LogP contribution is 2.21. The van der Waals surface area contributed by atoms with E-state index in [1.165, 1.54) is 18.2 Å². The molecule has 0 atom stereocenters. The van der Waals surface area contributed by atoms with E-state index >= 15 is 0 Å². The molecule has 0 aliphatic carbocycles. The molecule has 0 aliphatic rings. The average molecular weight is 322 g/mol. The number of anilines is 2. The van der Waals surface area contributed by atoms with Crippen molar-refractivity contribution in [2.45, 2.75) is 6.42 Å². The fourth-order valence-electron chi connectivity index (χ4n) is 1.77. The van der Waals surface area contributed by atoms with E-state index in [-0.39, 0.29) is 23.1 Å². The van der Waals surface area contributed by atoms with E-state index in [1.54, 1.807) is 7.11 Å². The molecule has 0 saturated carbocycles. The Labute approximate surface area is 131 Å². The average Bonchev–Trinajstić information content (AvgIpc) is 2.55. The molecule has 0 saturated heterocycles. The number of ether oxygens (including phenoxy) is 1. The van der Waals surface area contributed by atoms with Gasteiger partial charge in [-0.1, -0.05) is 6.07 Å². The van der Waals surface area contributed by atoms with Crippen LogP contribution in [0.15, 0.2) is 30.3 Å². The Balaban J connectivity index is 1.98. The van der Waals surface area contributed by atoms with Gasteiger partial charge < -0.3 is 15.4 Å². The van der Waals surface area contributed by atoms with Gasteiger partial charge in [0.05, 0.1) is 0 Å². The summed E-state index contributed by atoms with van der Waals surface area (Å²) >= 11 is 0. The van der Waals surface area contributed by atoms with E-state index in [0.717, 1.165) is 12.1 Å². The van der Waals surface area contributed by atoms with Crippen molar-refractivity contribution in [3.8, 4) is 0 Å². The first-order chi connectivity index (χ1) is 11.1. The normalized spacial score (nSPS) is 10.4. The predicted molar refractivity (Wildman–Crippen MR) is 80.5 cm³/mol. The second-order valence-corrected chi connectivity index (χ2v) is 4.63. The lowest BCUT2D eigenvalue weighted by atomic mass is 10.3. The van der Waals surface area contributed by atoms with Crippen molar-refractivity contribution in [2.75, 3.05) is 25.6 Å². The van der Waals surface area contributed by atoms with Crippen LogP contribution in [0.4, 0.5) is 20.3 Å². The van der Waals surface area contributed by atoms with Crippen molar-refractivity contribution < 1.29 is 18.3 Å². The van der Waals surface area contributed by atoms with Crippen LogP contribution in [0, 0.1) is 11.6 Å². The van der Waals surface area contributed by atoms with Crippen LogP contribution in [0.2, 0.25) is 0 Å². The molecule has 1 aromatic carbocycles. The van der Waals surface area contributed by atoms with Crippen LogP contribution >= 0.6 is 0 Å². The number of rotatable bonds is 7. The summed E-state index contributed by atoms with van der Waals surface area (Å²) in [6, 6.07) is 6.35. The molecule has 2 rings (SSSR count). The molecule has 1 aromatic heterocycles. The Morgan fingerprint density at radius 2 is 1.91 bits per heavy atom. The van der Waals surface area contributed by atoms with Crippen molar-refractivity contribution in [3.05, 3.63) is 47.7 Å². The Morgan fingerprint density at radius 1 is 1.17 bits per heavy atom. The van der Waals surface area contributed by atoms with E-state index in [9.17, 15) is 13.6 Å². The highest BCUT2D eigenvalue weighted by atomic mass is 19.1. The van der Waals surface area contributed by atoms with Gasteiger partial charge in [-0.05, 0) is 30.7 Å². The summed E-state index contributed by atoms with van der Waals surface area (Å²) in [6.07, 6.45) is 0.682. The number of amides is 1. The third-order valence-electron chi connectivity index (χ3n) is 2.92. The molecule has 1 heterocycles. The van der Waals surface area contributed by atoms with Crippen LogP contribution in [0.25, 0.3) is 0 Å². The Kier molecular flexibility index (Phi) is 5.93. The maximum atomic E-state index is 13.5. The summed E-state index contributed by atoms with van der Waals surface area (Å²) in [5, 5.41) is 12.6. The molecule has 8 heteroatoms. The molecule has 2 aromatic rings. The molecular weight excluding hydrogens is 306 g/mol. The van der Waals surface area contributed by atoms with Gasteiger partial charge in [0.15, 0.2) is 11.5 Å². The number of nitrogens with one attached hydrogen (secondary N) is 2. The molecule has 1 amide bonds. The Bertz CT molecular complexity index is 645. The van der Waals surface area contributed by atoms with Crippen LogP contribution in [0.3, 0.4) is 0 Å². The lowest BCUT2D eigenvalue weighted by Crippen LogP contribution is -2.26. The van der Waals surface area contributed by atoms with Crippen LogP contribution in [-0.2, 0) is 4.74 Å². The smallest absolute Gasteiger partial charge is 0.271 e. The van der Waals surface area contributed by atoms with Gasteiger partial charge in [-0.3, -0.25) is 4.79 Å². The summed E-state index contributed by atoms with van der Waals surface area (Å²) in [4.78, 5) is 11.8. The van der Waals surface area contributed by atoms with Crippen LogP contribution in [0.1, 0.15) is 16.9 Å². The highest BCUT2D eigenvalue weighted by molar-refractivity contribution is 5.92. The van der Waals surface area contributed by atoms with Gasteiger partial charge in [-0.25, -0.2) is 8.78 Å².